The van der Waals surface area contributed by atoms with Gasteiger partial charge in [-0.15, -0.1) is 0 Å². The number of rotatable bonds is 14. The van der Waals surface area contributed by atoms with E-state index in [4.69, 9.17) is 16.6 Å². The van der Waals surface area contributed by atoms with Crippen molar-refractivity contribution in [2.45, 2.75) is 57.3 Å². The predicted octanol–water partition coefficient (Wildman–Crippen LogP) is -1.98. The molecule has 0 saturated heterocycles. The molecule has 13 heteroatoms. The number of amides is 4. The van der Waals surface area contributed by atoms with Crippen LogP contribution in [-0.2, 0) is 24.0 Å². The molecule has 8 N–H and O–H groups in total. The van der Waals surface area contributed by atoms with Gasteiger partial charge in [-0.05, 0) is 12.3 Å². The largest absolute Gasteiger partial charge is 0.480 e. The van der Waals surface area contributed by atoms with Crippen LogP contribution >= 0.6 is 25.3 Å². The third-order valence-corrected chi connectivity index (χ3v) is 5.22. The van der Waals surface area contributed by atoms with Crippen molar-refractivity contribution in [1.29, 1.82) is 0 Å². The normalized spacial score (nSPS) is 15.8. The Hall–Kier alpha value is -1.99. The van der Waals surface area contributed by atoms with Crippen molar-refractivity contribution in [2.24, 2.45) is 17.4 Å². The lowest BCUT2D eigenvalue weighted by atomic mass is 9.99. The lowest BCUT2D eigenvalue weighted by Crippen LogP contribution is -2.58. The van der Waals surface area contributed by atoms with Gasteiger partial charge in [-0.25, -0.2) is 4.79 Å². The minimum atomic E-state index is -1.31. The van der Waals surface area contributed by atoms with Crippen molar-refractivity contribution in [2.75, 3.05) is 11.5 Å². The van der Waals surface area contributed by atoms with Gasteiger partial charge < -0.3 is 32.5 Å². The highest BCUT2D eigenvalue weighted by Crippen LogP contribution is 2.06. The molecule has 11 nitrogen and oxygen atoms in total. The Morgan fingerprint density at radius 1 is 0.900 bits per heavy atom. The summed E-state index contributed by atoms with van der Waals surface area (Å²) >= 11 is 7.91. The lowest BCUT2D eigenvalue weighted by molar-refractivity contribution is -0.141. The molecule has 0 aromatic rings. The number of carbonyl (C=O) groups is 5. The van der Waals surface area contributed by atoms with E-state index in [0.717, 1.165) is 0 Å². The molecular formula is C17H31N5O6S2. The molecule has 0 aromatic carbocycles. The summed E-state index contributed by atoms with van der Waals surface area (Å²) in [5.41, 5.74) is 11.0. The maximum atomic E-state index is 12.6. The summed E-state index contributed by atoms with van der Waals surface area (Å²) in [4.78, 5) is 59.4. The van der Waals surface area contributed by atoms with Crippen LogP contribution in [0.15, 0.2) is 0 Å². The Morgan fingerprint density at radius 2 is 1.37 bits per heavy atom. The number of hydrogen-bond donors (Lipinski definition) is 8. The van der Waals surface area contributed by atoms with Crippen molar-refractivity contribution < 1.29 is 29.1 Å². The Balaban J connectivity index is 5.26. The number of nitrogens with one attached hydrogen (secondary N) is 3. The van der Waals surface area contributed by atoms with Crippen molar-refractivity contribution >= 4 is 54.9 Å². The molecule has 0 aliphatic rings. The van der Waals surface area contributed by atoms with Gasteiger partial charge in [0, 0.05) is 17.9 Å². The number of thiol groups is 2. The molecular weight excluding hydrogens is 434 g/mol. The minimum Gasteiger partial charge on any atom is -0.480 e. The number of primary amides is 1. The Labute approximate surface area is 186 Å². The molecule has 0 aromatic heterocycles. The first-order valence-electron chi connectivity index (χ1n) is 9.37. The van der Waals surface area contributed by atoms with Crippen LogP contribution in [0.2, 0.25) is 0 Å². The highest BCUT2D eigenvalue weighted by Gasteiger charge is 2.30. The Morgan fingerprint density at radius 3 is 1.80 bits per heavy atom. The van der Waals surface area contributed by atoms with Gasteiger partial charge >= 0.3 is 5.97 Å². The van der Waals surface area contributed by atoms with E-state index < -0.39 is 53.8 Å². The highest BCUT2D eigenvalue weighted by atomic mass is 32.1. The maximum Gasteiger partial charge on any atom is 0.327 e. The van der Waals surface area contributed by atoms with Gasteiger partial charge in [0.25, 0.3) is 0 Å². The average Bonchev–Trinajstić information content (AvgIpc) is 2.70. The van der Waals surface area contributed by atoms with Crippen LogP contribution in [0.3, 0.4) is 0 Å². The van der Waals surface area contributed by atoms with Crippen molar-refractivity contribution in [3.8, 4) is 0 Å². The molecule has 0 fully saturated rings. The molecule has 30 heavy (non-hydrogen) atoms. The van der Waals surface area contributed by atoms with Gasteiger partial charge in [0.1, 0.15) is 18.1 Å². The number of aliphatic carboxylic acids is 1. The molecule has 0 heterocycles. The van der Waals surface area contributed by atoms with Crippen LogP contribution in [0.25, 0.3) is 0 Å². The zero-order valence-electron chi connectivity index (χ0n) is 17.0. The highest BCUT2D eigenvalue weighted by molar-refractivity contribution is 7.80. The average molecular weight is 466 g/mol. The van der Waals surface area contributed by atoms with Crippen LogP contribution < -0.4 is 27.4 Å². The SMILES string of the molecule is CCC(C)C(N)C(=O)NC(CS)C(=O)NC(CCC(N)=O)C(=O)NC(CS)C(=O)O. The van der Waals surface area contributed by atoms with Crippen LogP contribution in [0.1, 0.15) is 33.1 Å². The molecule has 0 bridgehead atoms. The third kappa shape index (κ3) is 9.67. The molecule has 172 valence electrons. The minimum absolute atomic E-state index is 0.0800. The summed E-state index contributed by atoms with van der Waals surface area (Å²) < 4.78 is 0. The molecule has 0 aliphatic heterocycles. The van der Waals surface area contributed by atoms with E-state index in [1.54, 1.807) is 6.92 Å². The monoisotopic (exact) mass is 465 g/mol. The Kier molecular flexibility index (Phi) is 13.2. The van der Waals surface area contributed by atoms with E-state index in [2.05, 4.69) is 41.2 Å². The molecule has 4 amide bonds. The number of carboxylic acid groups (broad SMARTS) is 1. The topological polar surface area (TPSA) is 194 Å². The summed E-state index contributed by atoms with van der Waals surface area (Å²) in [6.45, 7) is 3.67. The first-order chi connectivity index (χ1) is 14.0. The van der Waals surface area contributed by atoms with Gasteiger partial charge in [-0.2, -0.15) is 25.3 Å². The second-order valence-electron chi connectivity index (χ2n) is 6.80. The first kappa shape index (κ1) is 28.0. The van der Waals surface area contributed by atoms with E-state index in [0.29, 0.717) is 6.42 Å². The number of carbonyl (C=O) groups excluding carboxylic acids is 4. The van der Waals surface area contributed by atoms with Crippen molar-refractivity contribution in [1.82, 2.24) is 16.0 Å². The maximum absolute atomic E-state index is 12.6. The number of hydrogen-bond acceptors (Lipinski definition) is 8. The summed E-state index contributed by atoms with van der Waals surface area (Å²) in [6.07, 6.45) is 0.275. The molecule has 0 aliphatic carbocycles. The molecule has 0 radical (unpaired) electrons. The molecule has 5 atom stereocenters. The smallest absolute Gasteiger partial charge is 0.327 e. The molecule has 0 spiro atoms. The van der Waals surface area contributed by atoms with Gasteiger partial charge in [0.2, 0.25) is 23.6 Å². The predicted molar refractivity (Wildman–Crippen MR) is 117 cm³/mol. The number of carboxylic acids is 1. The van der Waals surface area contributed by atoms with E-state index in [9.17, 15) is 24.0 Å². The van der Waals surface area contributed by atoms with E-state index in [1.165, 1.54) is 0 Å². The molecule has 5 unspecified atom stereocenters. The third-order valence-electron chi connectivity index (χ3n) is 4.48. The van der Waals surface area contributed by atoms with Crippen LogP contribution in [0, 0.1) is 5.92 Å². The van der Waals surface area contributed by atoms with Crippen LogP contribution in [-0.4, -0.2) is 70.4 Å². The number of nitrogens with two attached hydrogens (primary N) is 2. The van der Waals surface area contributed by atoms with E-state index in [-0.39, 0.29) is 30.3 Å². The summed E-state index contributed by atoms with van der Waals surface area (Å²) in [5.74, 6) is -4.50. The van der Waals surface area contributed by atoms with Crippen molar-refractivity contribution in [3.63, 3.8) is 0 Å². The quantitative estimate of drug-likeness (QED) is 0.136. The fraction of sp³-hybridized carbons (Fsp3) is 0.706. The van der Waals surface area contributed by atoms with Gasteiger partial charge in [0.05, 0.1) is 6.04 Å². The van der Waals surface area contributed by atoms with E-state index >= 15 is 0 Å². The molecule has 0 saturated carbocycles. The zero-order chi connectivity index (χ0) is 23.4. The van der Waals surface area contributed by atoms with Crippen LogP contribution in [0.5, 0.6) is 0 Å². The fourth-order valence-electron chi connectivity index (χ4n) is 2.26. The summed E-state index contributed by atoms with van der Waals surface area (Å²) in [5, 5.41) is 16.2. The van der Waals surface area contributed by atoms with Crippen LogP contribution in [0.4, 0.5) is 0 Å². The Bertz CT molecular complexity index is 636. The van der Waals surface area contributed by atoms with E-state index in [1.807, 2.05) is 6.92 Å². The lowest BCUT2D eigenvalue weighted by Gasteiger charge is -2.25. The van der Waals surface area contributed by atoms with Gasteiger partial charge in [-0.3, -0.25) is 19.2 Å². The second kappa shape index (κ2) is 14.1. The second-order valence-corrected chi connectivity index (χ2v) is 7.53. The molecule has 0 rings (SSSR count). The zero-order valence-corrected chi connectivity index (χ0v) is 18.7. The van der Waals surface area contributed by atoms with Crippen molar-refractivity contribution in [3.05, 3.63) is 0 Å². The fourth-order valence-corrected chi connectivity index (χ4v) is 2.76. The van der Waals surface area contributed by atoms with Gasteiger partial charge in [-0.1, -0.05) is 20.3 Å². The summed E-state index contributed by atoms with van der Waals surface area (Å²) in [6, 6.07) is -4.47. The van der Waals surface area contributed by atoms with Gasteiger partial charge in [0.15, 0.2) is 0 Å². The first-order valence-corrected chi connectivity index (χ1v) is 10.6. The summed E-state index contributed by atoms with van der Waals surface area (Å²) in [7, 11) is 0. The standard InChI is InChI=1S/C17H31N5O6S2/c1-3-8(2)13(19)16(26)21-10(6-29)15(25)20-9(4-5-12(18)23)14(24)22-11(7-30)17(27)28/h8-11,13,29-30H,3-7,19H2,1-2H3,(H2,18,23)(H,20,25)(H,21,26)(H,22,24)(H,27,28).